The number of carboxylic acids is 1. The highest BCUT2D eigenvalue weighted by atomic mass is 19.4. The molecule has 0 aromatic heterocycles. The number of alkyl halides is 3. The highest BCUT2D eigenvalue weighted by Crippen LogP contribution is 2.41. The number of halogens is 3. The van der Waals surface area contributed by atoms with Crippen LogP contribution in [0.1, 0.15) is 39.0 Å². The number of aliphatic carboxylic acids is 1. The molecule has 1 aliphatic rings. The summed E-state index contributed by atoms with van der Waals surface area (Å²) in [5.41, 5.74) is -1.39. The quantitative estimate of drug-likeness (QED) is 0.809. The minimum absolute atomic E-state index is 0.0341. The van der Waals surface area contributed by atoms with Crippen molar-refractivity contribution in [2.45, 2.75) is 50.7 Å². The second-order valence-electron chi connectivity index (χ2n) is 4.65. The molecule has 6 heteroatoms. The number of hydrogen-bond acceptors (Lipinski definition) is 2. The van der Waals surface area contributed by atoms with Gasteiger partial charge in [-0.1, -0.05) is 13.3 Å². The Morgan fingerprint density at radius 2 is 2.18 bits per heavy atom. The van der Waals surface area contributed by atoms with Crippen molar-refractivity contribution in [3.63, 3.8) is 0 Å². The zero-order valence-corrected chi connectivity index (χ0v) is 9.81. The van der Waals surface area contributed by atoms with E-state index in [1.807, 2.05) is 6.92 Å². The molecule has 100 valence electrons. The average molecular weight is 253 g/mol. The van der Waals surface area contributed by atoms with E-state index in [1.165, 1.54) is 0 Å². The molecule has 1 rings (SSSR count). The first-order valence-electron chi connectivity index (χ1n) is 5.87. The third-order valence-corrected chi connectivity index (χ3v) is 3.34. The van der Waals surface area contributed by atoms with Crippen molar-refractivity contribution in [1.82, 2.24) is 5.32 Å². The Bertz CT molecular complexity index is 280. The molecular formula is C11H18F3NO2. The van der Waals surface area contributed by atoms with Gasteiger partial charge in [-0.25, -0.2) is 0 Å². The van der Waals surface area contributed by atoms with Gasteiger partial charge in [-0.3, -0.25) is 4.79 Å². The lowest BCUT2D eigenvalue weighted by atomic mass is 9.75. The van der Waals surface area contributed by atoms with Gasteiger partial charge in [-0.05, 0) is 32.2 Å². The summed E-state index contributed by atoms with van der Waals surface area (Å²) in [4.78, 5) is 11.2. The van der Waals surface area contributed by atoms with E-state index in [4.69, 9.17) is 5.11 Å². The van der Waals surface area contributed by atoms with Gasteiger partial charge < -0.3 is 10.4 Å². The summed E-state index contributed by atoms with van der Waals surface area (Å²) in [6.07, 6.45) is -3.35. The minimum atomic E-state index is -4.30. The summed E-state index contributed by atoms with van der Waals surface area (Å²) in [6.45, 7) is 2.28. The third kappa shape index (κ3) is 3.34. The Morgan fingerprint density at radius 1 is 1.53 bits per heavy atom. The van der Waals surface area contributed by atoms with Crippen molar-refractivity contribution in [3.05, 3.63) is 0 Å². The van der Waals surface area contributed by atoms with E-state index in [0.717, 1.165) is 0 Å². The summed E-state index contributed by atoms with van der Waals surface area (Å²) in [5.74, 6) is -2.67. The number of carbonyl (C=O) groups is 1. The van der Waals surface area contributed by atoms with Crippen LogP contribution in [0.4, 0.5) is 13.2 Å². The SMILES string of the molecule is CCCNC1(C(=O)O)CCCC(C(F)(F)F)C1. The summed E-state index contributed by atoms with van der Waals surface area (Å²) in [5, 5.41) is 12.0. The molecular weight excluding hydrogens is 235 g/mol. The zero-order valence-electron chi connectivity index (χ0n) is 9.81. The molecule has 1 saturated carbocycles. The first kappa shape index (κ1) is 14.3. The molecule has 2 unspecified atom stereocenters. The normalized spacial score (nSPS) is 30.2. The third-order valence-electron chi connectivity index (χ3n) is 3.34. The summed E-state index contributed by atoms with van der Waals surface area (Å²) in [7, 11) is 0. The zero-order chi connectivity index (χ0) is 13.1. The molecule has 0 aliphatic heterocycles. The lowest BCUT2D eigenvalue weighted by molar-refractivity contribution is -0.191. The molecule has 1 fully saturated rings. The molecule has 0 aromatic carbocycles. The summed E-state index contributed by atoms with van der Waals surface area (Å²) in [6, 6.07) is 0. The highest BCUT2D eigenvalue weighted by molar-refractivity contribution is 5.79. The molecule has 2 atom stereocenters. The van der Waals surface area contributed by atoms with Crippen molar-refractivity contribution >= 4 is 5.97 Å². The fourth-order valence-electron chi connectivity index (χ4n) is 2.35. The predicted molar refractivity (Wildman–Crippen MR) is 56.7 cm³/mol. The monoisotopic (exact) mass is 253 g/mol. The van der Waals surface area contributed by atoms with Gasteiger partial charge in [0.05, 0.1) is 5.92 Å². The van der Waals surface area contributed by atoms with Gasteiger partial charge in [0, 0.05) is 0 Å². The Kier molecular flexibility index (Phi) is 4.41. The van der Waals surface area contributed by atoms with Crippen LogP contribution in [0, 0.1) is 5.92 Å². The van der Waals surface area contributed by atoms with Crippen LogP contribution in [0.2, 0.25) is 0 Å². The Balaban J connectivity index is 2.80. The van der Waals surface area contributed by atoms with Gasteiger partial charge in [0.2, 0.25) is 0 Å². The predicted octanol–water partition coefficient (Wildman–Crippen LogP) is 2.56. The Morgan fingerprint density at radius 3 is 2.65 bits per heavy atom. The second-order valence-corrected chi connectivity index (χ2v) is 4.65. The van der Waals surface area contributed by atoms with E-state index < -0.39 is 23.6 Å². The molecule has 0 heterocycles. The second kappa shape index (κ2) is 5.25. The van der Waals surface area contributed by atoms with Gasteiger partial charge in [-0.2, -0.15) is 13.2 Å². The average Bonchev–Trinajstić information content (AvgIpc) is 2.25. The number of rotatable bonds is 4. The number of carboxylic acid groups (broad SMARTS) is 1. The van der Waals surface area contributed by atoms with Crippen LogP contribution >= 0.6 is 0 Å². The lowest BCUT2D eigenvalue weighted by Gasteiger charge is -2.39. The van der Waals surface area contributed by atoms with E-state index in [2.05, 4.69) is 5.32 Å². The Labute approximate surface area is 98.4 Å². The lowest BCUT2D eigenvalue weighted by Crippen LogP contribution is -2.56. The van der Waals surface area contributed by atoms with Crippen LogP contribution in [0.3, 0.4) is 0 Å². The number of hydrogen-bond donors (Lipinski definition) is 2. The van der Waals surface area contributed by atoms with E-state index in [0.29, 0.717) is 19.4 Å². The fourth-order valence-corrected chi connectivity index (χ4v) is 2.35. The maximum atomic E-state index is 12.6. The standard InChI is InChI=1S/C11H18F3NO2/c1-2-6-15-10(9(16)17)5-3-4-8(7-10)11(12,13)14/h8,15H,2-7H2,1H3,(H,16,17). The molecule has 2 N–H and O–H groups in total. The molecule has 3 nitrogen and oxygen atoms in total. The van der Waals surface area contributed by atoms with Crippen molar-refractivity contribution in [2.24, 2.45) is 5.92 Å². The first-order valence-corrected chi connectivity index (χ1v) is 5.87. The summed E-state index contributed by atoms with van der Waals surface area (Å²) >= 11 is 0. The first-order chi connectivity index (χ1) is 7.82. The van der Waals surface area contributed by atoms with Crippen molar-refractivity contribution in [3.8, 4) is 0 Å². The molecule has 0 radical (unpaired) electrons. The number of nitrogens with one attached hydrogen (secondary N) is 1. The highest BCUT2D eigenvalue weighted by Gasteiger charge is 2.50. The molecule has 17 heavy (non-hydrogen) atoms. The van der Waals surface area contributed by atoms with Gasteiger partial charge in [0.1, 0.15) is 5.54 Å². The minimum Gasteiger partial charge on any atom is -0.480 e. The van der Waals surface area contributed by atoms with Crippen molar-refractivity contribution in [2.75, 3.05) is 6.54 Å². The van der Waals surface area contributed by atoms with E-state index in [1.54, 1.807) is 0 Å². The Hall–Kier alpha value is -0.780. The maximum Gasteiger partial charge on any atom is 0.391 e. The smallest absolute Gasteiger partial charge is 0.391 e. The fraction of sp³-hybridized carbons (Fsp3) is 0.909. The van der Waals surface area contributed by atoms with Crippen LogP contribution in [-0.4, -0.2) is 29.3 Å². The van der Waals surface area contributed by atoms with Crippen molar-refractivity contribution < 1.29 is 23.1 Å². The largest absolute Gasteiger partial charge is 0.480 e. The van der Waals surface area contributed by atoms with Crippen LogP contribution in [0.25, 0.3) is 0 Å². The molecule has 0 spiro atoms. The van der Waals surface area contributed by atoms with Crippen LogP contribution in [0.5, 0.6) is 0 Å². The van der Waals surface area contributed by atoms with E-state index in [9.17, 15) is 18.0 Å². The topological polar surface area (TPSA) is 49.3 Å². The van der Waals surface area contributed by atoms with E-state index in [-0.39, 0.29) is 19.3 Å². The van der Waals surface area contributed by atoms with Gasteiger partial charge in [0.25, 0.3) is 0 Å². The molecule has 0 saturated heterocycles. The van der Waals surface area contributed by atoms with Crippen LogP contribution in [-0.2, 0) is 4.79 Å². The molecule has 0 amide bonds. The van der Waals surface area contributed by atoms with Crippen molar-refractivity contribution in [1.29, 1.82) is 0 Å². The van der Waals surface area contributed by atoms with Gasteiger partial charge in [-0.15, -0.1) is 0 Å². The molecule has 0 bridgehead atoms. The molecule has 1 aliphatic carbocycles. The van der Waals surface area contributed by atoms with Crippen LogP contribution < -0.4 is 5.32 Å². The van der Waals surface area contributed by atoms with Gasteiger partial charge in [0.15, 0.2) is 0 Å². The van der Waals surface area contributed by atoms with Gasteiger partial charge >= 0.3 is 12.1 Å². The molecule has 0 aromatic rings. The van der Waals surface area contributed by atoms with Crippen LogP contribution in [0.15, 0.2) is 0 Å². The summed E-state index contributed by atoms with van der Waals surface area (Å²) < 4.78 is 37.9. The van der Waals surface area contributed by atoms with E-state index >= 15 is 0 Å². The maximum absolute atomic E-state index is 12.6.